The van der Waals surface area contributed by atoms with Crippen LogP contribution in [0.2, 0.25) is 0 Å². The predicted octanol–water partition coefficient (Wildman–Crippen LogP) is 13.6. The lowest BCUT2D eigenvalue weighted by Gasteiger charge is -2.43. The second-order valence-corrected chi connectivity index (χ2v) is 16.6. The molecule has 8 aromatic carbocycles. The van der Waals surface area contributed by atoms with E-state index in [1.54, 1.807) is 0 Å². The molecule has 0 radical (unpaired) electrons. The van der Waals surface area contributed by atoms with E-state index >= 15 is 0 Å². The van der Waals surface area contributed by atoms with Crippen LogP contribution in [0.3, 0.4) is 0 Å². The second kappa shape index (κ2) is 11.8. The molecule has 2 unspecified atom stereocenters. The van der Waals surface area contributed by atoms with E-state index in [0.717, 1.165) is 0 Å². The summed E-state index contributed by atoms with van der Waals surface area (Å²) in [6.07, 6.45) is 9.93. The van der Waals surface area contributed by atoms with Gasteiger partial charge in [-0.1, -0.05) is 212 Å². The SMILES string of the molecule is C1=CC2C3=C(C=C4c5cc6c(c7cccc(c57)C(=C1)C42)-c1ccccc1C6(c1ccccc1)c1ccccc1)C(c1ccccc1)(c1ccccc1)c1ccccc13. The maximum Gasteiger partial charge on any atom is 0.0714 e. The van der Waals surface area contributed by atoms with Crippen molar-refractivity contribution in [3.63, 3.8) is 0 Å². The molecule has 0 nitrogen and oxygen atoms in total. The average molecular weight is 735 g/mol. The van der Waals surface area contributed by atoms with E-state index in [4.69, 9.17) is 0 Å². The largest absolute Gasteiger partial charge is 0.0760 e. The Hall–Kier alpha value is -7.02. The molecule has 0 fully saturated rings. The van der Waals surface area contributed by atoms with Crippen LogP contribution in [-0.2, 0) is 10.8 Å². The van der Waals surface area contributed by atoms with E-state index in [1.165, 1.54) is 99.8 Å². The lowest BCUT2D eigenvalue weighted by atomic mass is 9.59. The fourth-order valence-corrected chi connectivity index (χ4v) is 12.2. The highest BCUT2D eigenvalue weighted by Crippen LogP contribution is 2.66. The minimum Gasteiger partial charge on any atom is -0.0760 e. The van der Waals surface area contributed by atoms with Gasteiger partial charge >= 0.3 is 0 Å². The summed E-state index contributed by atoms with van der Waals surface area (Å²) in [7, 11) is 0. The number of benzene rings is 8. The Balaban J connectivity index is 1.19. The van der Waals surface area contributed by atoms with Crippen LogP contribution in [0.15, 0.2) is 224 Å². The van der Waals surface area contributed by atoms with Crippen LogP contribution in [-0.4, -0.2) is 0 Å². The molecule has 0 heteroatoms. The zero-order chi connectivity index (χ0) is 38.0. The normalized spacial score (nSPS) is 19.4. The molecule has 0 bridgehead atoms. The van der Waals surface area contributed by atoms with Gasteiger partial charge in [-0.05, 0) is 106 Å². The van der Waals surface area contributed by atoms with Gasteiger partial charge in [0.1, 0.15) is 0 Å². The molecule has 0 amide bonds. The summed E-state index contributed by atoms with van der Waals surface area (Å²) < 4.78 is 0. The summed E-state index contributed by atoms with van der Waals surface area (Å²) in [5.41, 5.74) is 20.9. The van der Waals surface area contributed by atoms with Crippen molar-refractivity contribution in [1.29, 1.82) is 0 Å². The van der Waals surface area contributed by atoms with Gasteiger partial charge in [-0.3, -0.25) is 0 Å². The van der Waals surface area contributed by atoms with E-state index in [1.807, 2.05) is 0 Å². The van der Waals surface area contributed by atoms with E-state index in [9.17, 15) is 0 Å². The molecule has 0 saturated heterocycles. The number of fused-ring (bicyclic) bond motifs is 9. The Labute approximate surface area is 339 Å². The van der Waals surface area contributed by atoms with Gasteiger partial charge in [-0.2, -0.15) is 0 Å². The first-order valence-electron chi connectivity index (χ1n) is 20.7. The van der Waals surface area contributed by atoms with Crippen molar-refractivity contribution in [2.75, 3.05) is 0 Å². The molecular weight excluding hydrogens is 697 g/mol. The van der Waals surface area contributed by atoms with Crippen molar-refractivity contribution in [1.82, 2.24) is 0 Å². The molecule has 0 aliphatic heterocycles. The maximum atomic E-state index is 2.66. The summed E-state index contributed by atoms with van der Waals surface area (Å²) in [6, 6.07) is 73.3. The Morgan fingerprint density at radius 2 is 0.914 bits per heavy atom. The molecule has 5 aliphatic carbocycles. The first-order chi connectivity index (χ1) is 28.8. The number of rotatable bonds is 4. The standard InChI is InChI=1S/C58H38/c1-5-19-37(20-6-1)57(38-21-7-2-8-22-38)49-33-15-13-27-43(49)55-45-31-17-29-41-42-30-18-32-46-54(42)48(47(53(41)45)35-51(55)57)36-52-56(46)44-28-14-16-34-50(44)58(52,39-23-9-3-10-24-39)40-25-11-4-12-26-40/h1-36,45,53H. The minimum absolute atomic E-state index is 0.187. The van der Waals surface area contributed by atoms with Crippen LogP contribution in [0, 0.1) is 11.8 Å². The summed E-state index contributed by atoms with van der Waals surface area (Å²) in [5, 5.41) is 2.71. The number of hydrogen-bond acceptors (Lipinski definition) is 0. The van der Waals surface area contributed by atoms with Crippen molar-refractivity contribution in [2.45, 2.75) is 10.8 Å². The molecule has 0 spiro atoms. The average Bonchev–Trinajstić information content (AvgIpc) is 3.78. The highest BCUT2D eigenvalue weighted by atomic mass is 14.6. The maximum absolute atomic E-state index is 2.66. The number of allylic oxidation sites excluding steroid dienone is 8. The molecule has 0 saturated carbocycles. The van der Waals surface area contributed by atoms with Crippen molar-refractivity contribution in [3.05, 3.63) is 280 Å². The third-order valence-electron chi connectivity index (χ3n) is 14.2. The van der Waals surface area contributed by atoms with Crippen molar-refractivity contribution in [2.24, 2.45) is 11.8 Å². The van der Waals surface area contributed by atoms with Crippen LogP contribution < -0.4 is 0 Å². The first-order valence-corrected chi connectivity index (χ1v) is 20.7. The molecular formula is C58H38. The molecule has 13 rings (SSSR count). The van der Waals surface area contributed by atoms with Gasteiger partial charge in [0.15, 0.2) is 0 Å². The van der Waals surface area contributed by atoms with Crippen molar-refractivity contribution in [3.8, 4) is 11.1 Å². The molecule has 270 valence electrons. The molecule has 0 N–H and O–H groups in total. The second-order valence-electron chi connectivity index (χ2n) is 16.6. The Morgan fingerprint density at radius 1 is 0.397 bits per heavy atom. The molecule has 58 heavy (non-hydrogen) atoms. The highest BCUT2D eigenvalue weighted by molar-refractivity contribution is 6.17. The Kier molecular flexibility index (Phi) is 6.51. The smallest absolute Gasteiger partial charge is 0.0714 e. The minimum atomic E-state index is -0.488. The molecule has 5 aliphatic rings. The Bertz CT molecular complexity index is 3060. The van der Waals surface area contributed by atoms with Gasteiger partial charge in [-0.25, -0.2) is 0 Å². The highest BCUT2D eigenvalue weighted by Gasteiger charge is 2.54. The van der Waals surface area contributed by atoms with E-state index in [-0.39, 0.29) is 11.8 Å². The summed E-state index contributed by atoms with van der Waals surface area (Å²) in [4.78, 5) is 0. The van der Waals surface area contributed by atoms with Gasteiger partial charge in [0.2, 0.25) is 0 Å². The molecule has 0 heterocycles. The Morgan fingerprint density at radius 3 is 1.53 bits per heavy atom. The van der Waals surface area contributed by atoms with Crippen LogP contribution in [0.1, 0.15) is 55.6 Å². The monoisotopic (exact) mass is 734 g/mol. The van der Waals surface area contributed by atoms with Crippen molar-refractivity contribution < 1.29 is 0 Å². The van der Waals surface area contributed by atoms with Gasteiger partial charge in [0.05, 0.1) is 10.8 Å². The van der Waals surface area contributed by atoms with Crippen LogP contribution >= 0.6 is 0 Å². The summed E-state index contributed by atoms with van der Waals surface area (Å²) in [5.74, 6) is 0.384. The lowest BCUT2D eigenvalue weighted by molar-refractivity contribution is 0.691. The quantitative estimate of drug-likeness (QED) is 0.169. The third-order valence-corrected chi connectivity index (χ3v) is 14.2. The lowest BCUT2D eigenvalue weighted by Crippen LogP contribution is -2.32. The zero-order valence-corrected chi connectivity index (χ0v) is 31.9. The van der Waals surface area contributed by atoms with Crippen LogP contribution in [0.5, 0.6) is 0 Å². The van der Waals surface area contributed by atoms with Gasteiger partial charge < -0.3 is 0 Å². The summed E-state index contributed by atoms with van der Waals surface area (Å²) >= 11 is 0. The fraction of sp³-hybridized carbons (Fsp3) is 0.0690. The molecule has 0 aromatic heterocycles. The van der Waals surface area contributed by atoms with E-state index in [0.29, 0.717) is 0 Å². The van der Waals surface area contributed by atoms with Gasteiger partial charge in [0, 0.05) is 11.8 Å². The zero-order valence-electron chi connectivity index (χ0n) is 31.9. The third kappa shape index (κ3) is 3.86. The van der Waals surface area contributed by atoms with Crippen LogP contribution in [0.4, 0.5) is 0 Å². The topological polar surface area (TPSA) is 0 Å². The van der Waals surface area contributed by atoms with E-state index in [2.05, 4.69) is 218 Å². The molecule has 8 aromatic rings. The first kappa shape index (κ1) is 32.1. The summed E-state index contributed by atoms with van der Waals surface area (Å²) in [6.45, 7) is 0. The molecule has 2 atom stereocenters. The van der Waals surface area contributed by atoms with Crippen LogP contribution in [0.25, 0.3) is 38.6 Å². The van der Waals surface area contributed by atoms with Gasteiger partial charge in [0.25, 0.3) is 0 Å². The number of hydrogen-bond donors (Lipinski definition) is 0. The predicted molar refractivity (Wildman–Crippen MR) is 239 cm³/mol. The fourth-order valence-electron chi connectivity index (χ4n) is 12.2. The van der Waals surface area contributed by atoms with Gasteiger partial charge in [-0.15, -0.1) is 0 Å². The van der Waals surface area contributed by atoms with E-state index < -0.39 is 10.8 Å². The van der Waals surface area contributed by atoms with Crippen molar-refractivity contribution >= 4 is 27.5 Å².